The average Bonchev–Trinajstić information content (AvgIpc) is 2.88. The van der Waals surface area contributed by atoms with E-state index in [1.807, 2.05) is 0 Å². The van der Waals surface area contributed by atoms with E-state index < -0.39 is 0 Å². The molecule has 18 heavy (non-hydrogen) atoms. The van der Waals surface area contributed by atoms with Gasteiger partial charge in [-0.2, -0.15) is 0 Å². The van der Waals surface area contributed by atoms with Crippen molar-refractivity contribution in [2.45, 2.75) is 45.2 Å². The largest absolute Gasteiger partial charge is 0.464 e. The SMILES string of the molecule is CC1CCN(Cc2ccc(C3CC3C)o2)CC1N. The van der Waals surface area contributed by atoms with Crippen LogP contribution in [0, 0.1) is 11.8 Å². The molecule has 1 aromatic rings. The second-order valence-corrected chi connectivity index (χ2v) is 6.29. The van der Waals surface area contributed by atoms with Crippen LogP contribution in [0.25, 0.3) is 0 Å². The van der Waals surface area contributed by atoms with Gasteiger partial charge in [0.15, 0.2) is 0 Å². The van der Waals surface area contributed by atoms with Crippen molar-refractivity contribution in [1.29, 1.82) is 0 Å². The molecule has 2 heterocycles. The van der Waals surface area contributed by atoms with Crippen molar-refractivity contribution in [3.8, 4) is 0 Å². The molecule has 4 unspecified atom stereocenters. The first-order valence-electron chi connectivity index (χ1n) is 7.20. The van der Waals surface area contributed by atoms with Gasteiger partial charge in [-0.25, -0.2) is 0 Å². The molecule has 2 aliphatic rings. The summed E-state index contributed by atoms with van der Waals surface area (Å²) in [6.07, 6.45) is 2.49. The van der Waals surface area contributed by atoms with E-state index in [2.05, 4.69) is 30.9 Å². The van der Waals surface area contributed by atoms with Crippen LogP contribution < -0.4 is 5.73 Å². The van der Waals surface area contributed by atoms with Gasteiger partial charge in [-0.05, 0) is 43.4 Å². The van der Waals surface area contributed by atoms with Gasteiger partial charge in [0.2, 0.25) is 0 Å². The first kappa shape index (κ1) is 12.2. The minimum absolute atomic E-state index is 0.316. The van der Waals surface area contributed by atoms with Crippen LogP contribution in [0.4, 0.5) is 0 Å². The lowest BCUT2D eigenvalue weighted by Gasteiger charge is -2.34. The zero-order valence-electron chi connectivity index (χ0n) is 11.4. The minimum Gasteiger partial charge on any atom is -0.464 e. The van der Waals surface area contributed by atoms with Crippen molar-refractivity contribution >= 4 is 0 Å². The summed E-state index contributed by atoms with van der Waals surface area (Å²) in [5.74, 6) is 4.44. The second kappa shape index (κ2) is 4.71. The number of hydrogen-bond acceptors (Lipinski definition) is 3. The smallest absolute Gasteiger partial charge is 0.118 e. The van der Waals surface area contributed by atoms with Crippen LogP contribution in [-0.4, -0.2) is 24.0 Å². The molecule has 1 saturated carbocycles. The highest BCUT2D eigenvalue weighted by atomic mass is 16.3. The normalized spacial score (nSPS) is 36.8. The number of nitrogens with zero attached hydrogens (tertiary/aromatic N) is 1. The molecule has 1 aliphatic carbocycles. The molecule has 2 N–H and O–H groups in total. The molecule has 0 amide bonds. The van der Waals surface area contributed by atoms with Crippen LogP contribution in [-0.2, 0) is 6.54 Å². The van der Waals surface area contributed by atoms with E-state index in [1.165, 1.54) is 18.6 Å². The summed E-state index contributed by atoms with van der Waals surface area (Å²) in [7, 11) is 0. The Balaban J connectivity index is 1.58. The molecule has 3 nitrogen and oxygen atoms in total. The van der Waals surface area contributed by atoms with E-state index in [1.54, 1.807) is 0 Å². The summed E-state index contributed by atoms with van der Waals surface area (Å²) in [4.78, 5) is 2.42. The van der Waals surface area contributed by atoms with E-state index in [4.69, 9.17) is 10.2 Å². The van der Waals surface area contributed by atoms with Crippen LogP contribution in [0.2, 0.25) is 0 Å². The fraction of sp³-hybridized carbons (Fsp3) is 0.733. The van der Waals surface area contributed by atoms with Gasteiger partial charge in [-0.15, -0.1) is 0 Å². The third-order valence-corrected chi connectivity index (χ3v) is 4.64. The van der Waals surface area contributed by atoms with E-state index >= 15 is 0 Å². The average molecular weight is 248 g/mol. The Morgan fingerprint density at radius 2 is 2.11 bits per heavy atom. The van der Waals surface area contributed by atoms with E-state index in [-0.39, 0.29) is 0 Å². The standard InChI is InChI=1S/C15H24N2O/c1-10-5-6-17(9-14(10)16)8-12-3-4-15(18-12)13-7-11(13)2/h3-4,10-11,13-14H,5-9,16H2,1-2H3. The molecule has 1 aromatic heterocycles. The van der Waals surface area contributed by atoms with E-state index in [9.17, 15) is 0 Å². The summed E-state index contributed by atoms with van der Waals surface area (Å²) in [6, 6.07) is 4.62. The van der Waals surface area contributed by atoms with Crippen LogP contribution in [0.1, 0.15) is 44.1 Å². The summed E-state index contributed by atoms with van der Waals surface area (Å²) in [5, 5.41) is 0. The predicted octanol–water partition coefficient (Wildman–Crippen LogP) is 2.57. The summed E-state index contributed by atoms with van der Waals surface area (Å²) in [5.41, 5.74) is 6.13. The fourth-order valence-electron chi connectivity index (χ4n) is 2.93. The van der Waals surface area contributed by atoms with Gasteiger partial charge in [0.1, 0.15) is 11.5 Å². The summed E-state index contributed by atoms with van der Waals surface area (Å²) >= 11 is 0. The highest BCUT2D eigenvalue weighted by Gasteiger charge is 2.36. The number of furan rings is 1. The molecule has 3 rings (SSSR count). The maximum absolute atomic E-state index is 6.13. The molecule has 0 spiro atoms. The maximum atomic E-state index is 6.13. The molecule has 2 fully saturated rings. The molecular weight excluding hydrogens is 224 g/mol. The predicted molar refractivity (Wildman–Crippen MR) is 72.3 cm³/mol. The summed E-state index contributed by atoms with van der Waals surface area (Å²) in [6.45, 7) is 7.60. The third kappa shape index (κ3) is 2.47. The third-order valence-electron chi connectivity index (χ3n) is 4.64. The van der Waals surface area contributed by atoms with Crippen molar-refractivity contribution in [3.05, 3.63) is 23.7 Å². The van der Waals surface area contributed by atoms with Gasteiger partial charge in [-0.3, -0.25) is 4.90 Å². The zero-order valence-corrected chi connectivity index (χ0v) is 11.4. The number of piperidine rings is 1. The first-order chi connectivity index (χ1) is 8.63. The van der Waals surface area contributed by atoms with Crippen molar-refractivity contribution in [1.82, 2.24) is 4.90 Å². The quantitative estimate of drug-likeness (QED) is 0.894. The Bertz CT molecular complexity index is 414. The number of hydrogen-bond donors (Lipinski definition) is 1. The molecule has 1 saturated heterocycles. The van der Waals surface area contributed by atoms with E-state index in [0.717, 1.165) is 31.3 Å². The van der Waals surface area contributed by atoms with Gasteiger partial charge >= 0.3 is 0 Å². The van der Waals surface area contributed by atoms with Gasteiger partial charge in [0.05, 0.1) is 6.54 Å². The number of likely N-dealkylation sites (tertiary alicyclic amines) is 1. The van der Waals surface area contributed by atoms with Crippen LogP contribution in [0.5, 0.6) is 0 Å². The first-order valence-corrected chi connectivity index (χ1v) is 7.20. The lowest BCUT2D eigenvalue weighted by molar-refractivity contribution is 0.152. The van der Waals surface area contributed by atoms with Crippen molar-refractivity contribution in [2.24, 2.45) is 17.6 Å². The highest BCUT2D eigenvalue weighted by molar-refractivity contribution is 5.17. The Kier molecular flexibility index (Phi) is 3.20. The van der Waals surface area contributed by atoms with Gasteiger partial charge in [0, 0.05) is 18.5 Å². The molecule has 1 aliphatic heterocycles. The Hall–Kier alpha value is -0.800. The molecule has 3 heteroatoms. The van der Waals surface area contributed by atoms with Crippen LogP contribution in [0.3, 0.4) is 0 Å². The fourth-order valence-corrected chi connectivity index (χ4v) is 2.93. The zero-order chi connectivity index (χ0) is 12.7. The maximum Gasteiger partial charge on any atom is 0.118 e. The molecule has 4 atom stereocenters. The van der Waals surface area contributed by atoms with E-state index in [0.29, 0.717) is 17.9 Å². The second-order valence-electron chi connectivity index (χ2n) is 6.29. The van der Waals surface area contributed by atoms with Gasteiger partial charge < -0.3 is 10.2 Å². The minimum atomic E-state index is 0.316. The number of rotatable bonds is 3. The molecular formula is C15H24N2O. The lowest BCUT2D eigenvalue weighted by Crippen LogP contribution is -2.47. The van der Waals surface area contributed by atoms with Crippen molar-refractivity contribution in [2.75, 3.05) is 13.1 Å². The molecule has 100 valence electrons. The van der Waals surface area contributed by atoms with Gasteiger partial charge in [-0.1, -0.05) is 13.8 Å². The monoisotopic (exact) mass is 248 g/mol. The highest BCUT2D eigenvalue weighted by Crippen LogP contribution is 2.47. The summed E-state index contributed by atoms with van der Waals surface area (Å²) < 4.78 is 5.96. The lowest BCUT2D eigenvalue weighted by atomic mass is 9.94. The molecule has 0 aromatic carbocycles. The van der Waals surface area contributed by atoms with Crippen LogP contribution in [0.15, 0.2) is 16.5 Å². The molecule has 0 bridgehead atoms. The van der Waals surface area contributed by atoms with Crippen molar-refractivity contribution in [3.63, 3.8) is 0 Å². The Labute approximate surface area is 109 Å². The molecule has 0 radical (unpaired) electrons. The van der Waals surface area contributed by atoms with Gasteiger partial charge in [0.25, 0.3) is 0 Å². The topological polar surface area (TPSA) is 42.4 Å². The van der Waals surface area contributed by atoms with Crippen LogP contribution >= 0.6 is 0 Å². The Morgan fingerprint density at radius 3 is 2.78 bits per heavy atom. The number of nitrogens with two attached hydrogens (primary N) is 1. The van der Waals surface area contributed by atoms with Crippen molar-refractivity contribution < 1.29 is 4.42 Å². The Morgan fingerprint density at radius 1 is 1.33 bits per heavy atom.